The fraction of sp³-hybridized carbons (Fsp3) is 0.333. The van der Waals surface area contributed by atoms with Crippen LogP contribution < -0.4 is 15.5 Å². The molecule has 0 bridgehead atoms. The number of fused-ring (bicyclic) bond motifs is 2. The van der Waals surface area contributed by atoms with E-state index in [0.29, 0.717) is 17.9 Å². The second-order valence-corrected chi connectivity index (χ2v) is 10.2. The van der Waals surface area contributed by atoms with Crippen molar-refractivity contribution in [2.75, 3.05) is 29.4 Å². The van der Waals surface area contributed by atoms with Crippen LogP contribution in [0.2, 0.25) is 0 Å². The number of carbonyl (C=O) groups excluding carboxylic acids is 1. The number of imidazole rings is 1. The molecular formula is C27H27FN6O2. The predicted octanol–water partition coefficient (Wildman–Crippen LogP) is 4.04. The Labute approximate surface area is 207 Å². The monoisotopic (exact) mass is 486 g/mol. The molecule has 8 nitrogen and oxygen atoms in total. The molecule has 0 saturated carbocycles. The number of nitrogens with zero attached hydrogens (tertiary/aromatic N) is 5. The molecule has 1 saturated heterocycles. The van der Waals surface area contributed by atoms with Crippen LogP contribution in [0, 0.1) is 5.82 Å². The van der Waals surface area contributed by atoms with Crippen LogP contribution in [0.4, 0.5) is 15.8 Å². The standard InChI is InChI=1S/C27H27FN6O2/c1-27(2)16-33(22-6-5-17(28)14-20(22)27)25(35)21-15-19(7-11-29-21)32-12-8-18(9-13-32)34-23-4-3-10-30-24(23)31-26(34)36/h3-7,10-11,14-15,18H,8-9,12-13,16H2,1-2H3,(H,30,31,36). The van der Waals surface area contributed by atoms with Gasteiger partial charge in [-0.15, -0.1) is 0 Å². The van der Waals surface area contributed by atoms with Gasteiger partial charge in [0.25, 0.3) is 5.91 Å². The highest BCUT2D eigenvalue weighted by Crippen LogP contribution is 2.41. The number of H-pyrrole nitrogens is 1. The van der Waals surface area contributed by atoms with Gasteiger partial charge in [0.1, 0.15) is 11.5 Å². The summed E-state index contributed by atoms with van der Waals surface area (Å²) in [6.07, 6.45) is 4.93. The van der Waals surface area contributed by atoms with Gasteiger partial charge in [-0.1, -0.05) is 13.8 Å². The van der Waals surface area contributed by atoms with Crippen LogP contribution in [-0.2, 0) is 5.41 Å². The zero-order valence-electron chi connectivity index (χ0n) is 20.2. The minimum absolute atomic E-state index is 0.0818. The summed E-state index contributed by atoms with van der Waals surface area (Å²) in [5.74, 6) is -0.492. The van der Waals surface area contributed by atoms with Gasteiger partial charge in [0.15, 0.2) is 5.65 Å². The largest absolute Gasteiger partial charge is 0.371 e. The molecule has 184 valence electrons. The minimum Gasteiger partial charge on any atom is -0.371 e. The summed E-state index contributed by atoms with van der Waals surface area (Å²) in [5, 5.41) is 0. The first-order valence-corrected chi connectivity index (χ1v) is 12.2. The molecule has 1 N–H and O–H groups in total. The smallest absolute Gasteiger partial charge is 0.327 e. The molecule has 0 radical (unpaired) electrons. The number of anilines is 2. The zero-order valence-corrected chi connectivity index (χ0v) is 20.2. The van der Waals surface area contributed by atoms with Crippen molar-refractivity contribution in [2.45, 2.75) is 38.1 Å². The summed E-state index contributed by atoms with van der Waals surface area (Å²) < 4.78 is 15.7. The van der Waals surface area contributed by atoms with E-state index in [1.165, 1.54) is 12.1 Å². The molecule has 1 amide bonds. The third-order valence-corrected chi connectivity index (χ3v) is 7.42. The third-order valence-electron chi connectivity index (χ3n) is 7.42. The highest BCUT2D eigenvalue weighted by Gasteiger charge is 2.39. The number of halogens is 1. The molecule has 2 aliphatic rings. The van der Waals surface area contributed by atoms with E-state index in [1.54, 1.807) is 23.4 Å². The average Bonchev–Trinajstić information content (AvgIpc) is 3.36. The fourth-order valence-corrected chi connectivity index (χ4v) is 5.61. The van der Waals surface area contributed by atoms with Crippen molar-refractivity contribution >= 4 is 28.4 Å². The Balaban J connectivity index is 1.21. The van der Waals surface area contributed by atoms with Crippen LogP contribution in [-0.4, -0.2) is 45.1 Å². The number of nitrogens with one attached hydrogen (secondary N) is 1. The lowest BCUT2D eigenvalue weighted by atomic mass is 9.87. The summed E-state index contributed by atoms with van der Waals surface area (Å²) in [6.45, 7) is 6.00. The van der Waals surface area contributed by atoms with Gasteiger partial charge in [-0.3, -0.25) is 19.3 Å². The van der Waals surface area contributed by atoms with E-state index in [1.807, 2.05) is 42.7 Å². The van der Waals surface area contributed by atoms with Crippen molar-refractivity contribution in [3.05, 3.63) is 82.4 Å². The molecule has 1 aromatic carbocycles. The number of aromatic amines is 1. The minimum atomic E-state index is -0.345. The van der Waals surface area contributed by atoms with Gasteiger partial charge in [-0.25, -0.2) is 14.2 Å². The number of benzene rings is 1. The predicted molar refractivity (Wildman–Crippen MR) is 136 cm³/mol. The molecular weight excluding hydrogens is 459 g/mol. The quantitative estimate of drug-likeness (QED) is 0.472. The van der Waals surface area contributed by atoms with Gasteiger partial charge in [-0.2, -0.15) is 0 Å². The lowest BCUT2D eigenvalue weighted by molar-refractivity contribution is 0.0981. The van der Waals surface area contributed by atoms with Gasteiger partial charge < -0.3 is 9.80 Å². The molecule has 6 rings (SSSR count). The number of hydrogen-bond donors (Lipinski definition) is 1. The number of hydrogen-bond acceptors (Lipinski definition) is 5. The molecule has 0 unspecified atom stereocenters. The maximum atomic E-state index is 13.9. The Morgan fingerprint density at radius 1 is 1.08 bits per heavy atom. The van der Waals surface area contributed by atoms with Gasteiger partial charge in [0.2, 0.25) is 0 Å². The molecule has 0 spiro atoms. The summed E-state index contributed by atoms with van der Waals surface area (Å²) in [7, 11) is 0. The highest BCUT2D eigenvalue weighted by molar-refractivity contribution is 6.07. The van der Waals surface area contributed by atoms with Crippen LogP contribution in [0.15, 0.2) is 59.7 Å². The molecule has 9 heteroatoms. The maximum Gasteiger partial charge on any atom is 0.327 e. The van der Waals surface area contributed by atoms with Gasteiger partial charge in [0, 0.05) is 54.9 Å². The fourth-order valence-electron chi connectivity index (χ4n) is 5.61. The second-order valence-electron chi connectivity index (χ2n) is 10.2. The first kappa shape index (κ1) is 22.5. The number of piperidine rings is 1. The van der Waals surface area contributed by atoms with E-state index >= 15 is 0 Å². The van der Waals surface area contributed by atoms with Crippen molar-refractivity contribution in [2.24, 2.45) is 0 Å². The Hall–Kier alpha value is -4.01. The normalized spacial score (nSPS) is 17.5. The first-order valence-electron chi connectivity index (χ1n) is 12.2. The van der Waals surface area contributed by atoms with Crippen LogP contribution >= 0.6 is 0 Å². The topological polar surface area (TPSA) is 87.1 Å². The number of amides is 1. The Kier molecular flexibility index (Phi) is 5.17. The highest BCUT2D eigenvalue weighted by atomic mass is 19.1. The zero-order chi connectivity index (χ0) is 25.0. The van der Waals surface area contributed by atoms with E-state index in [4.69, 9.17) is 0 Å². The van der Waals surface area contributed by atoms with Crippen molar-refractivity contribution < 1.29 is 9.18 Å². The Morgan fingerprint density at radius 3 is 2.69 bits per heavy atom. The number of aromatic nitrogens is 4. The summed E-state index contributed by atoms with van der Waals surface area (Å²) >= 11 is 0. The van der Waals surface area contributed by atoms with E-state index < -0.39 is 0 Å². The molecule has 5 heterocycles. The molecule has 36 heavy (non-hydrogen) atoms. The van der Waals surface area contributed by atoms with Crippen LogP contribution in [0.1, 0.15) is 48.8 Å². The molecule has 3 aromatic heterocycles. The average molecular weight is 487 g/mol. The molecule has 0 aliphatic carbocycles. The summed E-state index contributed by atoms with van der Waals surface area (Å²) in [4.78, 5) is 41.5. The molecule has 0 atom stereocenters. The SMILES string of the molecule is CC1(C)CN(C(=O)c2cc(N3CCC(n4c(=O)[nH]c5ncccc54)CC3)ccn2)c2ccc(F)cc21. The van der Waals surface area contributed by atoms with Gasteiger partial charge >= 0.3 is 5.69 Å². The van der Waals surface area contributed by atoms with E-state index in [0.717, 1.165) is 48.4 Å². The van der Waals surface area contributed by atoms with Gasteiger partial charge in [-0.05, 0) is 60.9 Å². The summed E-state index contributed by atoms with van der Waals surface area (Å²) in [5.41, 5.74) is 3.81. The maximum absolute atomic E-state index is 13.9. The Bertz CT molecular complexity index is 1530. The van der Waals surface area contributed by atoms with Crippen molar-refractivity contribution in [1.29, 1.82) is 0 Å². The lowest BCUT2D eigenvalue weighted by Crippen LogP contribution is -2.37. The second kappa shape index (κ2) is 8.29. The van der Waals surface area contributed by atoms with Crippen molar-refractivity contribution in [3.8, 4) is 0 Å². The lowest BCUT2D eigenvalue weighted by Gasteiger charge is -2.34. The first-order chi connectivity index (χ1) is 17.3. The molecule has 2 aliphatic heterocycles. The van der Waals surface area contributed by atoms with Crippen LogP contribution in [0.3, 0.4) is 0 Å². The van der Waals surface area contributed by atoms with Gasteiger partial charge in [0.05, 0.1) is 5.52 Å². The number of carbonyl (C=O) groups is 1. The molecule has 4 aromatic rings. The van der Waals surface area contributed by atoms with E-state index in [-0.39, 0.29) is 28.9 Å². The van der Waals surface area contributed by atoms with Crippen LogP contribution in [0.25, 0.3) is 11.2 Å². The number of rotatable bonds is 3. The molecule has 1 fully saturated rings. The van der Waals surface area contributed by atoms with Crippen LogP contribution in [0.5, 0.6) is 0 Å². The van der Waals surface area contributed by atoms with E-state index in [9.17, 15) is 14.0 Å². The summed E-state index contributed by atoms with van der Waals surface area (Å²) in [6, 6.07) is 12.2. The van der Waals surface area contributed by atoms with Crippen molar-refractivity contribution in [3.63, 3.8) is 0 Å². The van der Waals surface area contributed by atoms with Crippen molar-refractivity contribution in [1.82, 2.24) is 19.5 Å². The number of pyridine rings is 2. The third kappa shape index (κ3) is 3.66. The van der Waals surface area contributed by atoms with E-state index in [2.05, 4.69) is 19.9 Å². The Morgan fingerprint density at radius 2 is 1.89 bits per heavy atom.